The summed E-state index contributed by atoms with van der Waals surface area (Å²) in [6.07, 6.45) is 4.59. The standard InChI is InChI=1S/C7H6ClN3OS/c1-13(12)4-2-9-7-5(4)6(8)10-3-11-7/h2-3H,1H3,(H,9,10,11)/t13-/m0/s1. The monoisotopic (exact) mass is 215 g/mol. The van der Waals surface area contributed by atoms with E-state index in [-0.39, 0.29) is 0 Å². The number of halogens is 1. The molecule has 2 aromatic rings. The number of aromatic amines is 1. The van der Waals surface area contributed by atoms with Crippen LogP contribution >= 0.6 is 11.6 Å². The summed E-state index contributed by atoms with van der Waals surface area (Å²) in [6.45, 7) is 0. The minimum absolute atomic E-state index is 0.330. The highest BCUT2D eigenvalue weighted by atomic mass is 35.5. The maximum Gasteiger partial charge on any atom is 0.143 e. The van der Waals surface area contributed by atoms with Gasteiger partial charge in [-0.3, -0.25) is 4.21 Å². The van der Waals surface area contributed by atoms with Crippen LogP contribution in [0.25, 0.3) is 11.0 Å². The fourth-order valence-corrected chi connectivity index (χ4v) is 2.12. The second-order valence-corrected chi connectivity index (χ2v) is 4.20. The second kappa shape index (κ2) is 3.08. The van der Waals surface area contributed by atoms with E-state index in [0.29, 0.717) is 21.1 Å². The number of hydrogen-bond acceptors (Lipinski definition) is 3. The van der Waals surface area contributed by atoms with Crippen molar-refractivity contribution in [2.75, 3.05) is 6.26 Å². The molecule has 68 valence electrons. The van der Waals surface area contributed by atoms with Crippen molar-refractivity contribution >= 4 is 33.4 Å². The molecule has 1 N–H and O–H groups in total. The number of nitrogens with zero attached hydrogens (tertiary/aromatic N) is 2. The summed E-state index contributed by atoms with van der Waals surface area (Å²) in [5.41, 5.74) is 0.616. The SMILES string of the molecule is C[S@](=O)c1c[nH]c2ncnc(Cl)c12. The Morgan fingerprint density at radius 1 is 1.54 bits per heavy atom. The van der Waals surface area contributed by atoms with Crippen molar-refractivity contribution in [2.24, 2.45) is 0 Å². The van der Waals surface area contributed by atoms with E-state index in [4.69, 9.17) is 11.6 Å². The molecule has 2 aromatic heterocycles. The van der Waals surface area contributed by atoms with Gasteiger partial charge in [-0.15, -0.1) is 0 Å². The molecule has 0 aliphatic rings. The Kier molecular flexibility index (Phi) is 2.05. The number of H-pyrrole nitrogens is 1. The summed E-state index contributed by atoms with van der Waals surface area (Å²) < 4.78 is 11.2. The van der Waals surface area contributed by atoms with Gasteiger partial charge < -0.3 is 4.98 Å². The molecule has 13 heavy (non-hydrogen) atoms. The molecule has 0 saturated heterocycles. The molecular formula is C7H6ClN3OS. The van der Waals surface area contributed by atoms with Gasteiger partial charge in [-0.25, -0.2) is 9.97 Å². The zero-order valence-electron chi connectivity index (χ0n) is 6.74. The van der Waals surface area contributed by atoms with E-state index in [1.165, 1.54) is 6.33 Å². The zero-order chi connectivity index (χ0) is 9.42. The van der Waals surface area contributed by atoms with E-state index in [1.807, 2.05) is 0 Å². The van der Waals surface area contributed by atoms with Gasteiger partial charge in [0.1, 0.15) is 17.1 Å². The fourth-order valence-electron chi connectivity index (χ4n) is 1.12. The van der Waals surface area contributed by atoms with Crippen LogP contribution in [-0.2, 0) is 10.8 Å². The predicted octanol–water partition coefficient (Wildman–Crippen LogP) is 1.35. The summed E-state index contributed by atoms with van der Waals surface area (Å²) >= 11 is 5.84. The van der Waals surface area contributed by atoms with Crippen LogP contribution in [0.2, 0.25) is 5.15 Å². The molecule has 4 nitrogen and oxygen atoms in total. The van der Waals surface area contributed by atoms with Crippen LogP contribution in [0.15, 0.2) is 17.4 Å². The van der Waals surface area contributed by atoms with Crippen LogP contribution in [0.3, 0.4) is 0 Å². The average molecular weight is 216 g/mol. The molecule has 0 fully saturated rings. The first-order valence-corrected chi connectivity index (χ1v) is 5.45. The second-order valence-electron chi connectivity index (χ2n) is 2.50. The molecule has 1 atom stereocenters. The summed E-state index contributed by atoms with van der Waals surface area (Å²) in [5, 5.41) is 0.974. The highest BCUT2D eigenvalue weighted by Gasteiger charge is 2.11. The Hall–Kier alpha value is -0.940. The Morgan fingerprint density at radius 2 is 2.31 bits per heavy atom. The first kappa shape index (κ1) is 8.65. The van der Waals surface area contributed by atoms with E-state index in [9.17, 15) is 4.21 Å². The Balaban J connectivity index is 2.86. The minimum atomic E-state index is -1.08. The van der Waals surface area contributed by atoms with E-state index >= 15 is 0 Å². The topological polar surface area (TPSA) is 58.6 Å². The van der Waals surface area contributed by atoms with Crippen molar-refractivity contribution in [1.82, 2.24) is 15.0 Å². The molecule has 0 amide bonds. The van der Waals surface area contributed by atoms with Gasteiger partial charge in [-0.1, -0.05) is 11.6 Å². The van der Waals surface area contributed by atoms with Crippen LogP contribution in [0, 0.1) is 0 Å². The van der Waals surface area contributed by atoms with Gasteiger partial charge in [-0.2, -0.15) is 0 Å². The van der Waals surface area contributed by atoms with Gasteiger partial charge in [-0.05, 0) is 0 Å². The van der Waals surface area contributed by atoms with E-state index in [2.05, 4.69) is 15.0 Å². The largest absolute Gasteiger partial charge is 0.345 e. The molecule has 0 spiro atoms. The normalized spacial score (nSPS) is 13.4. The molecule has 0 aliphatic carbocycles. The Morgan fingerprint density at radius 3 is 3.00 bits per heavy atom. The van der Waals surface area contributed by atoms with E-state index in [1.54, 1.807) is 12.5 Å². The minimum Gasteiger partial charge on any atom is -0.345 e. The lowest BCUT2D eigenvalue weighted by atomic mass is 10.4. The number of aromatic nitrogens is 3. The number of hydrogen-bond donors (Lipinski definition) is 1. The Labute approximate surface area is 81.8 Å². The zero-order valence-corrected chi connectivity index (χ0v) is 8.32. The molecule has 2 heterocycles. The fraction of sp³-hybridized carbons (Fsp3) is 0.143. The van der Waals surface area contributed by atoms with Crippen molar-refractivity contribution in [1.29, 1.82) is 0 Å². The van der Waals surface area contributed by atoms with Crippen LogP contribution in [0.1, 0.15) is 0 Å². The quantitative estimate of drug-likeness (QED) is 0.731. The molecule has 0 unspecified atom stereocenters. The van der Waals surface area contributed by atoms with Gasteiger partial charge in [0.2, 0.25) is 0 Å². The highest BCUT2D eigenvalue weighted by molar-refractivity contribution is 7.84. The van der Waals surface area contributed by atoms with Gasteiger partial charge in [0.15, 0.2) is 0 Å². The summed E-state index contributed by atoms with van der Waals surface area (Å²) in [7, 11) is -1.08. The van der Waals surface area contributed by atoms with Crippen molar-refractivity contribution < 1.29 is 4.21 Å². The van der Waals surface area contributed by atoms with Crippen molar-refractivity contribution in [3.63, 3.8) is 0 Å². The lowest BCUT2D eigenvalue weighted by molar-refractivity contribution is 0.687. The molecule has 0 radical (unpaired) electrons. The molecular weight excluding hydrogens is 210 g/mol. The van der Waals surface area contributed by atoms with Crippen LogP contribution < -0.4 is 0 Å². The van der Waals surface area contributed by atoms with Gasteiger partial charge >= 0.3 is 0 Å². The van der Waals surface area contributed by atoms with Gasteiger partial charge in [0.25, 0.3) is 0 Å². The summed E-state index contributed by atoms with van der Waals surface area (Å²) in [6, 6.07) is 0. The third-order valence-electron chi connectivity index (χ3n) is 1.70. The van der Waals surface area contributed by atoms with Crippen molar-refractivity contribution in [3.8, 4) is 0 Å². The van der Waals surface area contributed by atoms with Gasteiger partial charge in [0, 0.05) is 12.5 Å². The molecule has 0 bridgehead atoms. The molecule has 2 rings (SSSR count). The van der Waals surface area contributed by atoms with Crippen molar-refractivity contribution in [3.05, 3.63) is 17.7 Å². The van der Waals surface area contributed by atoms with Gasteiger partial charge in [0.05, 0.1) is 21.1 Å². The molecule has 0 aliphatic heterocycles. The molecule has 0 aromatic carbocycles. The lowest BCUT2D eigenvalue weighted by Gasteiger charge is -1.94. The summed E-state index contributed by atoms with van der Waals surface area (Å²) in [4.78, 5) is 11.3. The lowest BCUT2D eigenvalue weighted by Crippen LogP contribution is -1.87. The highest BCUT2D eigenvalue weighted by Crippen LogP contribution is 2.24. The maximum absolute atomic E-state index is 11.2. The van der Waals surface area contributed by atoms with E-state index < -0.39 is 10.8 Å². The predicted molar refractivity (Wildman–Crippen MR) is 51.2 cm³/mol. The first-order chi connectivity index (χ1) is 6.20. The Bertz CT molecular complexity index is 482. The summed E-state index contributed by atoms with van der Waals surface area (Å²) in [5.74, 6) is 0. The number of fused-ring (bicyclic) bond motifs is 1. The third-order valence-corrected chi connectivity index (χ3v) is 2.93. The van der Waals surface area contributed by atoms with Crippen LogP contribution in [-0.4, -0.2) is 25.4 Å². The first-order valence-electron chi connectivity index (χ1n) is 3.51. The third kappa shape index (κ3) is 1.34. The molecule has 0 saturated carbocycles. The number of nitrogens with one attached hydrogen (secondary N) is 1. The van der Waals surface area contributed by atoms with E-state index in [0.717, 1.165) is 0 Å². The van der Waals surface area contributed by atoms with Crippen LogP contribution in [0.5, 0.6) is 0 Å². The van der Waals surface area contributed by atoms with Crippen LogP contribution in [0.4, 0.5) is 0 Å². The van der Waals surface area contributed by atoms with Crippen molar-refractivity contribution in [2.45, 2.75) is 4.90 Å². The number of rotatable bonds is 1. The maximum atomic E-state index is 11.2. The molecule has 6 heteroatoms. The smallest absolute Gasteiger partial charge is 0.143 e. The average Bonchev–Trinajstić information content (AvgIpc) is 2.49.